The molecule has 0 aromatic carbocycles. The molecule has 0 radical (unpaired) electrons. The van der Waals surface area contributed by atoms with Gasteiger partial charge in [-0.25, -0.2) is 0 Å². The number of nitrogens with one attached hydrogen (secondary N) is 1. The number of pyridine rings is 1. The molecule has 5 nitrogen and oxygen atoms in total. The van der Waals surface area contributed by atoms with Gasteiger partial charge in [0.1, 0.15) is 0 Å². The van der Waals surface area contributed by atoms with Gasteiger partial charge in [0.15, 0.2) is 5.01 Å². The lowest BCUT2D eigenvalue weighted by molar-refractivity contribution is 0.503. The van der Waals surface area contributed by atoms with Crippen LogP contribution in [0.3, 0.4) is 0 Å². The average Bonchev–Trinajstić information content (AvgIpc) is 3.10. The zero-order chi connectivity index (χ0) is 13.2. The molecule has 1 saturated carbocycles. The minimum Gasteiger partial charge on any atom is -0.363 e. The Kier molecular flexibility index (Phi) is 3.33. The fourth-order valence-corrected chi connectivity index (χ4v) is 3.29. The van der Waals surface area contributed by atoms with Gasteiger partial charge in [-0.1, -0.05) is 24.2 Å². The van der Waals surface area contributed by atoms with Crippen molar-refractivity contribution in [2.24, 2.45) is 0 Å². The van der Waals surface area contributed by atoms with Crippen molar-refractivity contribution in [2.45, 2.75) is 31.7 Å². The molecule has 0 saturated heterocycles. The van der Waals surface area contributed by atoms with Gasteiger partial charge in [0.2, 0.25) is 5.13 Å². The van der Waals surface area contributed by atoms with Crippen LogP contribution in [0.25, 0.3) is 10.6 Å². The van der Waals surface area contributed by atoms with Crippen LogP contribution in [0.4, 0.5) is 5.13 Å². The lowest BCUT2D eigenvalue weighted by Gasteiger charge is -2.13. The van der Waals surface area contributed by atoms with E-state index in [4.69, 9.17) is 0 Å². The fraction of sp³-hybridized carbons (Fsp3) is 0.462. The van der Waals surface area contributed by atoms with Crippen LogP contribution < -0.4 is 10.9 Å². The SMILES string of the molecule is CNc1nnc(-c2cccn(C3CCCC3)c2=O)s1. The highest BCUT2D eigenvalue weighted by atomic mass is 32.1. The molecule has 1 aliphatic rings. The molecular weight excluding hydrogens is 260 g/mol. The van der Waals surface area contributed by atoms with Crippen molar-refractivity contribution in [3.8, 4) is 10.6 Å². The van der Waals surface area contributed by atoms with Gasteiger partial charge >= 0.3 is 0 Å². The van der Waals surface area contributed by atoms with Gasteiger partial charge in [0.05, 0.1) is 5.56 Å². The summed E-state index contributed by atoms with van der Waals surface area (Å²) in [7, 11) is 1.80. The number of aromatic nitrogens is 3. The van der Waals surface area contributed by atoms with Crippen LogP contribution in [0.15, 0.2) is 23.1 Å². The zero-order valence-corrected chi connectivity index (χ0v) is 11.6. The van der Waals surface area contributed by atoms with E-state index in [2.05, 4.69) is 15.5 Å². The number of nitrogens with zero attached hydrogens (tertiary/aromatic N) is 3. The first-order valence-electron chi connectivity index (χ1n) is 6.52. The van der Waals surface area contributed by atoms with Crippen LogP contribution in [-0.2, 0) is 0 Å². The molecule has 0 bridgehead atoms. The maximum Gasteiger partial charge on any atom is 0.261 e. The Morgan fingerprint density at radius 1 is 1.37 bits per heavy atom. The fourth-order valence-electron chi connectivity index (χ4n) is 2.58. The lowest BCUT2D eigenvalue weighted by atomic mass is 10.2. The highest BCUT2D eigenvalue weighted by molar-refractivity contribution is 7.18. The molecule has 2 aromatic heterocycles. The van der Waals surface area contributed by atoms with E-state index in [0.717, 1.165) is 18.0 Å². The van der Waals surface area contributed by atoms with Crippen molar-refractivity contribution in [1.82, 2.24) is 14.8 Å². The van der Waals surface area contributed by atoms with Crippen molar-refractivity contribution < 1.29 is 0 Å². The number of hydrogen-bond donors (Lipinski definition) is 1. The molecule has 2 aromatic rings. The van der Waals surface area contributed by atoms with E-state index in [-0.39, 0.29) is 5.56 Å². The van der Waals surface area contributed by atoms with Crippen molar-refractivity contribution in [3.63, 3.8) is 0 Å². The summed E-state index contributed by atoms with van der Waals surface area (Å²) in [5.41, 5.74) is 0.696. The van der Waals surface area contributed by atoms with Gasteiger partial charge in [-0.2, -0.15) is 0 Å². The summed E-state index contributed by atoms with van der Waals surface area (Å²) in [5.74, 6) is 0. The minimum atomic E-state index is 0.0493. The second-order valence-electron chi connectivity index (χ2n) is 4.73. The summed E-state index contributed by atoms with van der Waals surface area (Å²) in [6, 6.07) is 4.10. The second-order valence-corrected chi connectivity index (χ2v) is 5.71. The van der Waals surface area contributed by atoms with Gasteiger partial charge < -0.3 is 9.88 Å². The molecule has 6 heteroatoms. The summed E-state index contributed by atoms with van der Waals surface area (Å²) in [6.45, 7) is 0. The number of rotatable bonds is 3. The Labute approximate surface area is 115 Å². The maximum atomic E-state index is 12.5. The van der Waals surface area contributed by atoms with E-state index in [9.17, 15) is 4.79 Å². The zero-order valence-electron chi connectivity index (χ0n) is 10.8. The first-order valence-corrected chi connectivity index (χ1v) is 7.34. The normalized spacial score (nSPS) is 15.8. The molecule has 2 heterocycles. The van der Waals surface area contributed by atoms with Crippen molar-refractivity contribution >= 4 is 16.5 Å². The summed E-state index contributed by atoms with van der Waals surface area (Å²) < 4.78 is 1.86. The molecule has 0 spiro atoms. The van der Waals surface area contributed by atoms with Crippen molar-refractivity contribution in [2.75, 3.05) is 12.4 Å². The second kappa shape index (κ2) is 5.13. The standard InChI is InChI=1S/C13H16N4OS/c1-14-13-16-15-11(19-13)10-7-4-8-17(12(10)18)9-5-2-3-6-9/h4,7-9H,2-3,5-6H2,1H3,(H,14,16). The smallest absolute Gasteiger partial charge is 0.261 e. The lowest BCUT2D eigenvalue weighted by Crippen LogP contribution is -2.23. The molecule has 3 rings (SSSR count). The van der Waals surface area contributed by atoms with Gasteiger partial charge in [-0.05, 0) is 25.0 Å². The van der Waals surface area contributed by atoms with Crippen LogP contribution in [0, 0.1) is 0 Å². The van der Waals surface area contributed by atoms with Crippen molar-refractivity contribution in [1.29, 1.82) is 0 Å². The summed E-state index contributed by atoms with van der Waals surface area (Å²) in [6.07, 6.45) is 6.51. The van der Waals surface area contributed by atoms with Crippen molar-refractivity contribution in [3.05, 3.63) is 28.7 Å². The third-order valence-corrected chi connectivity index (χ3v) is 4.54. The minimum absolute atomic E-state index is 0.0493. The summed E-state index contributed by atoms with van der Waals surface area (Å²) in [4.78, 5) is 12.5. The molecule has 0 amide bonds. The van der Waals surface area contributed by atoms with Crippen LogP contribution in [0.5, 0.6) is 0 Å². The Balaban J connectivity index is 2.02. The maximum absolute atomic E-state index is 12.5. The number of hydrogen-bond acceptors (Lipinski definition) is 5. The van der Waals surface area contributed by atoms with Crippen LogP contribution >= 0.6 is 11.3 Å². The molecule has 19 heavy (non-hydrogen) atoms. The molecule has 1 aliphatic carbocycles. The largest absolute Gasteiger partial charge is 0.363 e. The van der Waals surface area contributed by atoms with E-state index in [1.807, 2.05) is 22.9 Å². The van der Waals surface area contributed by atoms with E-state index < -0.39 is 0 Å². The van der Waals surface area contributed by atoms with Crippen LogP contribution in [0.2, 0.25) is 0 Å². The quantitative estimate of drug-likeness (QED) is 0.935. The Bertz CT molecular complexity index is 628. The van der Waals surface area contributed by atoms with E-state index in [1.165, 1.54) is 24.2 Å². The van der Waals surface area contributed by atoms with Gasteiger partial charge in [0, 0.05) is 19.3 Å². The molecular formula is C13H16N4OS. The molecule has 0 unspecified atom stereocenters. The average molecular weight is 276 g/mol. The van der Waals surface area contributed by atoms with E-state index in [0.29, 0.717) is 16.6 Å². The van der Waals surface area contributed by atoms with Crippen LogP contribution in [0.1, 0.15) is 31.7 Å². The van der Waals surface area contributed by atoms with Gasteiger partial charge in [0.25, 0.3) is 5.56 Å². The topological polar surface area (TPSA) is 59.8 Å². The monoisotopic (exact) mass is 276 g/mol. The Morgan fingerprint density at radius 3 is 2.84 bits per heavy atom. The highest BCUT2D eigenvalue weighted by Crippen LogP contribution is 2.29. The predicted molar refractivity (Wildman–Crippen MR) is 76.7 cm³/mol. The first kappa shape index (κ1) is 12.3. The molecule has 1 N–H and O–H groups in total. The third-order valence-electron chi connectivity index (χ3n) is 3.56. The first-order chi connectivity index (χ1) is 9.29. The molecule has 100 valence electrons. The molecule has 1 fully saturated rings. The Hall–Kier alpha value is -1.69. The summed E-state index contributed by atoms with van der Waals surface area (Å²) in [5, 5.41) is 12.4. The van der Waals surface area contributed by atoms with E-state index in [1.54, 1.807) is 7.05 Å². The Morgan fingerprint density at radius 2 is 2.16 bits per heavy atom. The number of anilines is 1. The molecule has 0 aliphatic heterocycles. The van der Waals surface area contributed by atoms with Gasteiger partial charge in [-0.15, -0.1) is 10.2 Å². The summed E-state index contributed by atoms with van der Waals surface area (Å²) >= 11 is 1.40. The van der Waals surface area contributed by atoms with Crippen LogP contribution in [-0.4, -0.2) is 21.8 Å². The van der Waals surface area contributed by atoms with Gasteiger partial charge in [-0.3, -0.25) is 4.79 Å². The highest BCUT2D eigenvalue weighted by Gasteiger charge is 2.19. The predicted octanol–water partition coefficient (Wildman–Crippen LogP) is 2.52. The third kappa shape index (κ3) is 2.28. The van der Waals surface area contributed by atoms with E-state index >= 15 is 0 Å². The molecule has 0 atom stereocenters.